The van der Waals surface area contributed by atoms with Gasteiger partial charge in [0.25, 0.3) is 0 Å². The van der Waals surface area contributed by atoms with Gasteiger partial charge < -0.3 is 29.1 Å². The van der Waals surface area contributed by atoms with E-state index < -0.39 is 8.32 Å². The third-order valence-electron chi connectivity index (χ3n) is 4.68. The van der Waals surface area contributed by atoms with Crippen molar-refractivity contribution in [3.63, 3.8) is 0 Å². The number of para-hydroxylation sites is 1. The van der Waals surface area contributed by atoms with Gasteiger partial charge in [0.15, 0.2) is 33.4 Å². The van der Waals surface area contributed by atoms with Crippen molar-refractivity contribution < 1.29 is 23.4 Å². The smallest absolute Gasteiger partial charge is 0.192 e. The van der Waals surface area contributed by atoms with Crippen molar-refractivity contribution in [2.45, 2.75) is 51.4 Å². The summed E-state index contributed by atoms with van der Waals surface area (Å²) in [5, 5.41) is 0.0948. The third-order valence-corrected chi connectivity index (χ3v) is 9.17. The first-order valence-electron chi connectivity index (χ1n) is 8.92. The van der Waals surface area contributed by atoms with Gasteiger partial charge in [-0.25, -0.2) is 0 Å². The molecule has 0 spiro atoms. The van der Waals surface area contributed by atoms with E-state index >= 15 is 0 Å². The first kappa shape index (κ1) is 22.9. The molecule has 150 valence electrons. The van der Waals surface area contributed by atoms with Crippen LogP contribution in [0.2, 0.25) is 18.1 Å². The number of benzene rings is 1. The van der Waals surface area contributed by atoms with E-state index in [2.05, 4.69) is 33.9 Å². The molecule has 6 nitrogen and oxygen atoms in total. The quantitative estimate of drug-likeness (QED) is 0.457. The lowest BCUT2D eigenvalue weighted by Crippen LogP contribution is -2.42. The number of hydrogen-bond donors (Lipinski definition) is 1. The Morgan fingerprint density at radius 3 is 2.19 bits per heavy atom. The van der Waals surface area contributed by atoms with Crippen molar-refractivity contribution in [1.29, 1.82) is 0 Å². The summed E-state index contributed by atoms with van der Waals surface area (Å²) in [5.74, 6) is 1.21. The van der Waals surface area contributed by atoms with Crippen molar-refractivity contribution in [3.05, 3.63) is 23.8 Å². The van der Waals surface area contributed by atoms with Crippen molar-refractivity contribution in [1.82, 2.24) is 0 Å². The highest BCUT2D eigenvalue weighted by molar-refractivity contribution is 6.74. The van der Waals surface area contributed by atoms with E-state index in [0.717, 1.165) is 5.56 Å². The summed E-state index contributed by atoms with van der Waals surface area (Å²) in [7, 11) is 1.17. The van der Waals surface area contributed by atoms with E-state index in [0.29, 0.717) is 24.5 Å². The average molecular weight is 386 g/mol. The van der Waals surface area contributed by atoms with Crippen LogP contribution in [0.15, 0.2) is 18.2 Å². The van der Waals surface area contributed by atoms with E-state index in [1.165, 1.54) is 0 Å². The minimum Gasteiger partial charge on any atom is -0.464 e. The molecule has 7 heteroatoms. The van der Waals surface area contributed by atoms with Gasteiger partial charge in [0.2, 0.25) is 0 Å². The van der Waals surface area contributed by atoms with Crippen molar-refractivity contribution in [3.8, 4) is 11.5 Å². The van der Waals surface area contributed by atoms with Gasteiger partial charge in [-0.15, -0.1) is 0 Å². The standard InChI is InChI=1S/C19H35NO5Si/c1-19(2,3)26(6,7)25-16(11-12-20)15-9-8-10-17(23-13-21-4)18(15)24-14-22-5/h8-10,16H,11-14,20H2,1-7H3. The molecule has 1 aromatic rings. The molecule has 1 rings (SSSR count). The van der Waals surface area contributed by atoms with Crippen LogP contribution in [0.1, 0.15) is 38.9 Å². The lowest BCUT2D eigenvalue weighted by molar-refractivity contribution is 0.0300. The predicted molar refractivity (Wildman–Crippen MR) is 106 cm³/mol. The van der Waals surface area contributed by atoms with Crippen LogP contribution in [0, 0.1) is 0 Å². The second kappa shape index (κ2) is 10.3. The molecule has 0 radical (unpaired) electrons. The SMILES string of the molecule is COCOc1cccc(C(CCN)O[Si](C)(C)C(C)(C)C)c1OCOC. The molecule has 1 aromatic carbocycles. The Morgan fingerprint density at radius 1 is 1.04 bits per heavy atom. The zero-order valence-electron chi connectivity index (χ0n) is 17.3. The Bertz CT molecular complexity index is 545. The van der Waals surface area contributed by atoms with Crippen LogP contribution in [0.25, 0.3) is 0 Å². The lowest BCUT2D eigenvalue weighted by atomic mass is 10.0. The third kappa shape index (κ3) is 6.24. The van der Waals surface area contributed by atoms with Crippen molar-refractivity contribution in [2.24, 2.45) is 5.73 Å². The van der Waals surface area contributed by atoms with E-state index in [1.807, 2.05) is 18.2 Å². The van der Waals surface area contributed by atoms with Gasteiger partial charge >= 0.3 is 0 Å². The first-order valence-corrected chi connectivity index (χ1v) is 11.8. The number of nitrogens with two attached hydrogens (primary N) is 1. The summed E-state index contributed by atoms with van der Waals surface area (Å²) < 4.78 is 28.3. The maximum Gasteiger partial charge on any atom is 0.192 e. The van der Waals surface area contributed by atoms with E-state index in [9.17, 15) is 0 Å². The molecule has 0 fully saturated rings. The number of rotatable bonds is 11. The molecule has 1 unspecified atom stereocenters. The largest absolute Gasteiger partial charge is 0.464 e. The Morgan fingerprint density at radius 2 is 1.65 bits per heavy atom. The van der Waals surface area contributed by atoms with Crippen LogP contribution < -0.4 is 15.2 Å². The monoisotopic (exact) mass is 385 g/mol. The fourth-order valence-corrected chi connectivity index (χ4v) is 3.57. The average Bonchev–Trinajstić information content (AvgIpc) is 2.56. The van der Waals surface area contributed by atoms with Gasteiger partial charge in [-0.05, 0) is 37.2 Å². The molecule has 0 amide bonds. The minimum absolute atomic E-state index is 0.0948. The summed E-state index contributed by atoms with van der Waals surface area (Å²) in [6.07, 6.45) is 0.530. The first-order chi connectivity index (χ1) is 12.2. The van der Waals surface area contributed by atoms with Gasteiger partial charge in [-0.1, -0.05) is 32.9 Å². The number of hydrogen-bond acceptors (Lipinski definition) is 6. The highest BCUT2D eigenvalue weighted by Crippen LogP contribution is 2.44. The predicted octanol–water partition coefficient (Wildman–Crippen LogP) is 4.06. The van der Waals surface area contributed by atoms with Crippen LogP contribution in [0.5, 0.6) is 11.5 Å². The molecule has 0 bridgehead atoms. The Hall–Kier alpha value is -1.12. The maximum atomic E-state index is 6.66. The second-order valence-corrected chi connectivity index (χ2v) is 12.5. The van der Waals surface area contributed by atoms with Crippen LogP contribution in [-0.4, -0.2) is 42.7 Å². The fraction of sp³-hybridized carbons (Fsp3) is 0.684. The van der Waals surface area contributed by atoms with Gasteiger partial charge in [-0.3, -0.25) is 0 Å². The summed E-state index contributed by atoms with van der Waals surface area (Å²) in [4.78, 5) is 0. The lowest BCUT2D eigenvalue weighted by Gasteiger charge is -2.39. The maximum absolute atomic E-state index is 6.66. The van der Waals surface area contributed by atoms with Gasteiger partial charge in [0.05, 0.1) is 6.10 Å². The van der Waals surface area contributed by atoms with Crippen LogP contribution in [0.3, 0.4) is 0 Å². The molecule has 1 atom stereocenters. The van der Waals surface area contributed by atoms with Gasteiger partial charge in [0.1, 0.15) is 0 Å². The summed E-state index contributed by atoms with van der Waals surface area (Å²) >= 11 is 0. The van der Waals surface area contributed by atoms with E-state index in [4.69, 9.17) is 29.1 Å². The molecule has 0 saturated carbocycles. The van der Waals surface area contributed by atoms with Crippen LogP contribution in [-0.2, 0) is 13.9 Å². The Labute approximate surface area is 159 Å². The van der Waals surface area contributed by atoms with Crippen molar-refractivity contribution in [2.75, 3.05) is 34.4 Å². The molecule has 26 heavy (non-hydrogen) atoms. The highest BCUT2D eigenvalue weighted by atomic mass is 28.4. The molecule has 0 aliphatic rings. The molecule has 0 saturated heterocycles. The van der Waals surface area contributed by atoms with E-state index in [-0.39, 0.29) is 24.7 Å². The molecule has 0 heterocycles. The van der Waals surface area contributed by atoms with E-state index in [1.54, 1.807) is 14.2 Å². The zero-order chi connectivity index (χ0) is 19.8. The Balaban J connectivity index is 3.27. The summed E-state index contributed by atoms with van der Waals surface area (Å²) in [6.45, 7) is 11.9. The Kier molecular flexibility index (Phi) is 9.05. The van der Waals surface area contributed by atoms with Crippen molar-refractivity contribution >= 4 is 8.32 Å². The van der Waals surface area contributed by atoms with Gasteiger partial charge in [0, 0.05) is 19.8 Å². The normalized spacial score (nSPS) is 13.5. The summed E-state index contributed by atoms with van der Waals surface area (Å²) in [5.41, 5.74) is 6.80. The minimum atomic E-state index is -1.99. The molecular formula is C19H35NO5Si. The fourth-order valence-electron chi connectivity index (χ4n) is 2.26. The highest BCUT2D eigenvalue weighted by Gasteiger charge is 2.40. The molecular weight excluding hydrogens is 350 g/mol. The van der Waals surface area contributed by atoms with Crippen LogP contribution in [0.4, 0.5) is 0 Å². The molecule has 0 aliphatic heterocycles. The molecule has 0 aromatic heterocycles. The zero-order valence-corrected chi connectivity index (χ0v) is 18.3. The molecule has 2 N–H and O–H groups in total. The topological polar surface area (TPSA) is 72.2 Å². The molecule has 0 aliphatic carbocycles. The number of methoxy groups -OCH3 is 2. The summed E-state index contributed by atoms with van der Waals surface area (Å²) in [6, 6.07) is 5.77. The van der Waals surface area contributed by atoms with Gasteiger partial charge in [-0.2, -0.15) is 0 Å². The van der Waals surface area contributed by atoms with Crippen LogP contribution >= 0.6 is 0 Å². The number of ether oxygens (including phenoxy) is 4. The second-order valence-electron chi connectivity index (χ2n) is 7.72.